The summed E-state index contributed by atoms with van der Waals surface area (Å²) >= 11 is 0. The fraction of sp³-hybridized carbons (Fsp3) is 0.804. The van der Waals surface area contributed by atoms with Crippen LogP contribution in [0.3, 0.4) is 0 Å². The first kappa shape index (κ1) is 51.5. The zero-order valence-corrected chi connectivity index (χ0v) is 35.6. The van der Waals surface area contributed by atoms with Crippen molar-refractivity contribution >= 4 is 17.9 Å². The number of carbonyl (C=O) groups is 3. The molecule has 2 atom stereocenters. The Labute approximate surface area is 332 Å². The van der Waals surface area contributed by atoms with Gasteiger partial charge in [0.15, 0.2) is 6.10 Å². The maximum atomic E-state index is 12.7. The van der Waals surface area contributed by atoms with Gasteiger partial charge < -0.3 is 28.6 Å². The van der Waals surface area contributed by atoms with Gasteiger partial charge in [-0.1, -0.05) is 134 Å². The van der Waals surface area contributed by atoms with Crippen molar-refractivity contribution in [2.75, 3.05) is 41.0 Å². The largest absolute Gasteiger partial charge is 0.544 e. The van der Waals surface area contributed by atoms with Crippen LogP contribution in [-0.2, 0) is 28.6 Å². The minimum absolute atomic E-state index is 0.0357. The number of ether oxygens (including phenoxy) is 3. The Morgan fingerprint density at radius 2 is 0.981 bits per heavy atom. The van der Waals surface area contributed by atoms with E-state index in [-0.39, 0.29) is 42.7 Å². The number of allylic oxidation sites excluding steroid dienone is 6. The summed E-state index contributed by atoms with van der Waals surface area (Å²) in [5, 5.41) is 11.6. The van der Waals surface area contributed by atoms with Crippen molar-refractivity contribution in [2.45, 2.75) is 199 Å². The molecule has 314 valence electrons. The fourth-order valence-corrected chi connectivity index (χ4v) is 6.27. The van der Waals surface area contributed by atoms with Crippen molar-refractivity contribution in [1.29, 1.82) is 0 Å². The smallest absolute Gasteiger partial charge is 0.306 e. The van der Waals surface area contributed by atoms with Crippen LogP contribution in [0.5, 0.6) is 0 Å². The Morgan fingerprint density at radius 3 is 1.48 bits per heavy atom. The molecule has 8 heteroatoms. The first-order chi connectivity index (χ1) is 26.1. The van der Waals surface area contributed by atoms with E-state index >= 15 is 0 Å². The van der Waals surface area contributed by atoms with E-state index in [0.29, 0.717) is 12.8 Å². The Morgan fingerprint density at radius 1 is 0.556 bits per heavy atom. The number of carboxylic acid groups (broad SMARTS) is 1. The predicted octanol–water partition coefficient (Wildman–Crippen LogP) is 10.5. The summed E-state index contributed by atoms with van der Waals surface area (Å²) in [7, 11) is 5.40. The molecule has 0 spiro atoms. The summed E-state index contributed by atoms with van der Waals surface area (Å²) in [5.74, 6) is -1.76. The summed E-state index contributed by atoms with van der Waals surface area (Å²) in [4.78, 5) is 36.8. The average Bonchev–Trinajstić information content (AvgIpc) is 3.12. The number of likely N-dealkylation sites (N-methyl/N-ethyl adjacent to an activating group) is 1. The zero-order valence-electron chi connectivity index (χ0n) is 35.6. The second kappa shape index (κ2) is 37.5. The Bertz CT molecular complexity index is 984. The van der Waals surface area contributed by atoms with Gasteiger partial charge in [-0.25, -0.2) is 0 Å². The number of nitrogens with zero attached hydrogens (tertiary/aromatic N) is 1. The lowest BCUT2D eigenvalue weighted by Crippen LogP contribution is -2.55. The van der Waals surface area contributed by atoms with Crippen molar-refractivity contribution < 1.29 is 38.2 Å². The number of carbonyl (C=O) groups excluding carboxylic acids is 3. The molecule has 0 saturated heterocycles. The van der Waals surface area contributed by atoms with Gasteiger partial charge in [0.05, 0.1) is 40.3 Å². The topological polar surface area (TPSA) is 102 Å². The van der Waals surface area contributed by atoms with Gasteiger partial charge in [-0.3, -0.25) is 9.59 Å². The molecular weight excluding hydrogens is 679 g/mol. The van der Waals surface area contributed by atoms with E-state index in [9.17, 15) is 19.5 Å². The highest BCUT2D eigenvalue weighted by Gasteiger charge is 2.25. The van der Waals surface area contributed by atoms with Gasteiger partial charge >= 0.3 is 11.9 Å². The first-order valence-corrected chi connectivity index (χ1v) is 22.0. The number of unbranched alkanes of at least 4 members (excludes halogenated alkanes) is 19. The zero-order chi connectivity index (χ0) is 40.0. The van der Waals surface area contributed by atoms with Crippen molar-refractivity contribution in [1.82, 2.24) is 0 Å². The Balaban J connectivity index is 4.35. The summed E-state index contributed by atoms with van der Waals surface area (Å²) in [6, 6.07) is -0.727. The molecular formula is C46H83NO7. The molecule has 0 bridgehead atoms. The highest BCUT2D eigenvalue weighted by molar-refractivity contribution is 5.70. The normalized spacial score (nSPS) is 13.3. The number of hydrogen-bond donors (Lipinski definition) is 0. The van der Waals surface area contributed by atoms with Crippen LogP contribution in [-0.4, -0.2) is 75.5 Å². The Hall–Kier alpha value is -2.45. The standard InChI is InChI=1S/C46H83NO7/c1-6-8-10-12-14-16-18-20-21-22-23-24-25-27-29-31-33-35-37-45(49)54-42(40-52-39-38-43(46(50)51)47(3,4)5)41-53-44(48)36-34-32-30-28-26-19-17-15-13-11-9-7-2/h15-18,21-22,42-43H,6-14,19-20,23-41H2,1-5H3/b17-15-,18-16-,22-21-. The molecule has 0 saturated carbocycles. The van der Waals surface area contributed by atoms with Gasteiger partial charge in [-0.2, -0.15) is 0 Å². The third-order valence-corrected chi connectivity index (χ3v) is 9.75. The number of aliphatic carboxylic acids is 1. The van der Waals surface area contributed by atoms with Crippen LogP contribution in [0.4, 0.5) is 0 Å². The summed E-state index contributed by atoms with van der Waals surface area (Å²) < 4.78 is 17.1. The highest BCUT2D eigenvalue weighted by atomic mass is 16.6. The minimum Gasteiger partial charge on any atom is -0.544 e. The number of hydrogen-bond acceptors (Lipinski definition) is 7. The molecule has 0 rings (SSSR count). The minimum atomic E-state index is -1.13. The maximum absolute atomic E-state index is 12.7. The van der Waals surface area contributed by atoms with Gasteiger partial charge in [0.2, 0.25) is 0 Å². The number of esters is 2. The summed E-state index contributed by atoms with van der Waals surface area (Å²) in [6.07, 6.45) is 41.6. The van der Waals surface area contributed by atoms with E-state index in [1.807, 2.05) is 0 Å². The van der Waals surface area contributed by atoms with Gasteiger partial charge in [0, 0.05) is 19.3 Å². The van der Waals surface area contributed by atoms with E-state index in [1.54, 1.807) is 21.1 Å². The van der Waals surface area contributed by atoms with Crippen LogP contribution in [0.15, 0.2) is 36.5 Å². The molecule has 0 aliphatic rings. The SMILES string of the molecule is CCCCC/C=C\CCCCCCCC(=O)OCC(COCCC(C(=O)[O-])[N+](C)(C)C)OC(=O)CCCCCCCCC/C=C\C/C=C\CCCCCC. The van der Waals surface area contributed by atoms with E-state index in [2.05, 4.69) is 50.3 Å². The molecule has 0 fully saturated rings. The van der Waals surface area contributed by atoms with Crippen LogP contribution in [0.25, 0.3) is 0 Å². The number of rotatable bonds is 39. The second-order valence-electron chi connectivity index (χ2n) is 15.9. The molecule has 0 radical (unpaired) electrons. The molecule has 0 aliphatic carbocycles. The quantitative estimate of drug-likeness (QED) is 0.0266. The lowest BCUT2D eigenvalue weighted by atomic mass is 10.1. The fourth-order valence-electron chi connectivity index (χ4n) is 6.27. The molecule has 0 N–H and O–H groups in total. The third kappa shape index (κ3) is 35.3. The Kier molecular flexibility index (Phi) is 35.8. The molecule has 54 heavy (non-hydrogen) atoms. The first-order valence-electron chi connectivity index (χ1n) is 22.0. The van der Waals surface area contributed by atoms with E-state index < -0.39 is 18.1 Å². The summed E-state index contributed by atoms with van der Waals surface area (Å²) in [5.41, 5.74) is 0. The van der Waals surface area contributed by atoms with Crippen molar-refractivity contribution in [3.05, 3.63) is 36.5 Å². The molecule has 2 unspecified atom stereocenters. The van der Waals surface area contributed by atoms with Gasteiger partial charge in [0.25, 0.3) is 0 Å². The van der Waals surface area contributed by atoms with Crippen molar-refractivity contribution in [2.24, 2.45) is 0 Å². The van der Waals surface area contributed by atoms with Crippen LogP contribution < -0.4 is 5.11 Å². The lowest BCUT2D eigenvalue weighted by molar-refractivity contribution is -0.889. The molecule has 0 aliphatic heterocycles. The van der Waals surface area contributed by atoms with E-state index in [0.717, 1.165) is 64.2 Å². The van der Waals surface area contributed by atoms with Crippen LogP contribution in [0.1, 0.15) is 187 Å². The number of carboxylic acids is 1. The molecule has 0 heterocycles. The van der Waals surface area contributed by atoms with Crippen LogP contribution in [0.2, 0.25) is 0 Å². The molecule has 0 aromatic rings. The van der Waals surface area contributed by atoms with Crippen molar-refractivity contribution in [3.8, 4) is 0 Å². The molecule has 0 aromatic carbocycles. The molecule has 8 nitrogen and oxygen atoms in total. The van der Waals surface area contributed by atoms with E-state index in [1.165, 1.54) is 89.9 Å². The average molecular weight is 762 g/mol. The van der Waals surface area contributed by atoms with Crippen LogP contribution in [0, 0.1) is 0 Å². The number of quaternary nitrogens is 1. The van der Waals surface area contributed by atoms with Gasteiger partial charge in [0.1, 0.15) is 12.6 Å². The molecule has 0 aromatic heterocycles. The predicted molar refractivity (Wildman–Crippen MR) is 222 cm³/mol. The molecule has 0 amide bonds. The monoisotopic (exact) mass is 762 g/mol. The highest BCUT2D eigenvalue weighted by Crippen LogP contribution is 2.13. The third-order valence-electron chi connectivity index (χ3n) is 9.75. The van der Waals surface area contributed by atoms with Crippen LogP contribution >= 0.6 is 0 Å². The van der Waals surface area contributed by atoms with E-state index in [4.69, 9.17) is 14.2 Å². The van der Waals surface area contributed by atoms with Gasteiger partial charge in [-0.05, 0) is 70.6 Å². The summed E-state index contributed by atoms with van der Waals surface area (Å²) in [6.45, 7) is 4.60. The second-order valence-corrected chi connectivity index (χ2v) is 15.9. The lowest BCUT2D eigenvalue weighted by Gasteiger charge is -2.34. The van der Waals surface area contributed by atoms with Gasteiger partial charge in [-0.15, -0.1) is 0 Å². The maximum Gasteiger partial charge on any atom is 0.306 e. The van der Waals surface area contributed by atoms with Crippen molar-refractivity contribution in [3.63, 3.8) is 0 Å².